The van der Waals surface area contributed by atoms with Gasteiger partial charge in [0.25, 0.3) is 0 Å². The van der Waals surface area contributed by atoms with Gasteiger partial charge in [0.15, 0.2) is 0 Å². The molecule has 0 bridgehead atoms. The third-order valence-electron chi connectivity index (χ3n) is 12.7. The van der Waals surface area contributed by atoms with Crippen LogP contribution in [0.4, 0.5) is 0 Å². The Hall–Kier alpha value is -7.04. The standard InChI is InChI=1S/C61H59N3O/c1-38(2)46-29-48(42-19-14-11-15-20-42)34-52(33-46)64-57-22-16-21-53(58(57)63-60(64)55-36-47(39(3)4)35-54(40(5)6)59(55)65)49-30-50(32-51(31-49)61(7,8)9)56-37-45(27-28-62-56)44-25-23-43(24-26-44)41-17-12-10-13-18-41/h10-40,65H,1-9H3/i38D. The summed E-state index contributed by atoms with van der Waals surface area (Å²) in [5.41, 5.74) is 17.9. The SMILES string of the molecule is [2H]C(C)(C)c1cc(-c2ccccc2)cc(-n2c(-c3cc(C(C)C)cc(C(C)C)c3O)nc3c(-c4cc(-c5cc(-c6ccc(-c7ccccc7)cc6)ccn5)cc(C(C)(C)C)c4)cccc32)c1. The summed E-state index contributed by atoms with van der Waals surface area (Å²) in [5.74, 6) is 0.328. The van der Waals surface area contributed by atoms with E-state index < -0.39 is 5.89 Å². The fourth-order valence-electron chi connectivity index (χ4n) is 8.84. The molecule has 0 amide bonds. The van der Waals surface area contributed by atoms with E-state index in [1.807, 2.05) is 32.2 Å². The van der Waals surface area contributed by atoms with E-state index in [1.165, 1.54) is 16.7 Å². The molecule has 0 fully saturated rings. The molecule has 9 aromatic rings. The molecule has 4 heteroatoms. The number of hydrogen-bond acceptors (Lipinski definition) is 3. The van der Waals surface area contributed by atoms with Gasteiger partial charge in [-0.25, -0.2) is 4.98 Å². The van der Waals surface area contributed by atoms with E-state index >= 15 is 0 Å². The van der Waals surface area contributed by atoms with Gasteiger partial charge in [0, 0.05) is 24.4 Å². The average Bonchev–Trinajstić information content (AvgIpc) is 3.71. The number of aromatic nitrogens is 3. The van der Waals surface area contributed by atoms with Crippen molar-refractivity contribution in [3.05, 3.63) is 192 Å². The van der Waals surface area contributed by atoms with Gasteiger partial charge in [-0.2, -0.15) is 0 Å². The van der Waals surface area contributed by atoms with E-state index in [0.29, 0.717) is 11.4 Å². The quantitative estimate of drug-likeness (QED) is 0.149. The van der Waals surface area contributed by atoms with Crippen molar-refractivity contribution in [3.63, 3.8) is 0 Å². The first kappa shape index (κ1) is 41.9. The lowest BCUT2D eigenvalue weighted by Crippen LogP contribution is -2.11. The van der Waals surface area contributed by atoms with E-state index in [4.69, 9.17) is 9.97 Å². The molecule has 0 unspecified atom stereocenters. The monoisotopic (exact) mass is 850 g/mol. The molecule has 9 rings (SSSR count). The van der Waals surface area contributed by atoms with Crippen LogP contribution in [0, 0.1) is 0 Å². The van der Waals surface area contributed by atoms with E-state index in [9.17, 15) is 6.48 Å². The van der Waals surface area contributed by atoms with Crippen molar-refractivity contribution >= 4 is 11.0 Å². The second-order valence-corrected chi connectivity index (χ2v) is 19.3. The highest BCUT2D eigenvalue weighted by molar-refractivity contribution is 5.97. The first-order chi connectivity index (χ1) is 31.5. The summed E-state index contributed by atoms with van der Waals surface area (Å²) in [6, 6.07) is 57.8. The second kappa shape index (κ2) is 17.5. The maximum atomic E-state index is 12.3. The predicted octanol–water partition coefficient (Wildman–Crippen LogP) is 16.8. The maximum absolute atomic E-state index is 12.3. The molecule has 0 aliphatic carbocycles. The molecule has 2 heterocycles. The molecule has 0 saturated heterocycles. The predicted molar refractivity (Wildman–Crippen MR) is 274 cm³/mol. The summed E-state index contributed by atoms with van der Waals surface area (Å²) in [5, 5.41) is 12.3. The first-order valence-corrected chi connectivity index (χ1v) is 22.9. The summed E-state index contributed by atoms with van der Waals surface area (Å²) >= 11 is 0. The van der Waals surface area contributed by atoms with E-state index in [1.54, 1.807) is 0 Å². The number of aromatic hydroxyl groups is 1. The highest BCUT2D eigenvalue weighted by Crippen LogP contribution is 2.44. The largest absolute Gasteiger partial charge is 0.507 e. The van der Waals surface area contributed by atoms with Crippen molar-refractivity contribution in [2.45, 2.75) is 85.5 Å². The third-order valence-corrected chi connectivity index (χ3v) is 12.7. The highest BCUT2D eigenvalue weighted by Gasteiger charge is 2.25. The Morgan fingerprint density at radius 2 is 1.15 bits per heavy atom. The van der Waals surface area contributed by atoms with Gasteiger partial charge in [-0.1, -0.05) is 178 Å². The second-order valence-electron chi connectivity index (χ2n) is 19.3. The van der Waals surface area contributed by atoms with Gasteiger partial charge in [-0.05, 0) is 133 Å². The van der Waals surface area contributed by atoms with Gasteiger partial charge in [-0.3, -0.25) is 9.55 Å². The van der Waals surface area contributed by atoms with Crippen LogP contribution in [-0.4, -0.2) is 19.6 Å². The maximum Gasteiger partial charge on any atom is 0.149 e. The van der Waals surface area contributed by atoms with Crippen molar-refractivity contribution in [2.24, 2.45) is 0 Å². The van der Waals surface area contributed by atoms with Crippen molar-refractivity contribution < 1.29 is 6.48 Å². The molecular formula is C61H59N3O. The minimum Gasteiger partial charge on any atom is -0.507 e. The third kappa shape index (κ3) is 8.66. The van der Waals surface area contributed by atoms with Gasteiger partial charge in [0.2, 0.25) is 0 Å². The van der Waals surface area contributed by atoms with Gasteiger partial charge in [-0.15, -0.1) is 0 Å². The Kier molecular flexibility index (Phi) is 11.3. The summed E-state index contributed by atoms with van der Waals surface area (Å²) in [4.78, 5) is 10.6. The fraction of sp³-hybridized carbons (Fsp3) is 0.213. The Balaban J connectivity index is 1.27. The minimum absolute atomic E-state index is 0.0901. The zero-order valence-corrected chi connectivity index (χ0v) is 39.1. The molecule has 2 aromatic heterocycles. The number of fused-ring (bicyclic) bond motifs is 1. The van der Waals surface area contributed by atoms with Gasteiger partial charge >= 0.3 is 0 Å². The van der Waals surface area contributed by atoms with Crippen LogP contribution in [-0.2, 0) is 5.41 Å². The van der Waals surface area contributed by atoms with Crippen molar-refractivity contribution in [3.8, 4) is 78.6 Å². The molecule has 324 valence electrons. The van der Waals surface area contributed by atoms with Crippen LogP contribution in [0.1, 0.15) is 104 Å². The molecule has 0 aliphatic heterocycles. The Labute approximate surface area is 386 Å². The molecule has 0 spiro atoms. The molecule has 0 saturated carbocycles. The fourth-order valence-corrected chi connectivity index (χ4v) is 8.84. The van der Waals surface area contributed by atoms with Gasteiger partial charge in [0.05, 0.1) is 22.3 Å². The Morgan fingerprint density at radius 1 is 0.523 bits per heavy atom. The molecule has 0 aliphatic rings. The molecule has 0 atom stereocenters. The van der Waals surface area contributed by atoms with Crippen LogP contribution in [0.25, 0.3) is 83.9 Å². The smallest absolute Gasteiger partial charge is 0.149 e. The molecular weight excluding hydrogens is 791 g/mol. The average molecular weight is 851 g/mol. The number of pyridine rings is 1. The van der Waals surface area contributed by atoms with E-state index in [-0.39, 0.29) is 23.0 Å². The molecule has 4 nitrogen and oxygen atoms in total. The molecule has 0 radical (unpaired) electrons. The number of hydrogen-bond donors (Lipinski definition) is 1. The summed E-state index contributed by atoms with van der Waals surface area (Å²) < 4.78 is 11.5. The number of imidazole rings is 1. The number of phenolic OH excluding ortho intramolecular Hbond substituents is 1. The number of rotatable bonds is 10. The lowest BCUT2D eigenvalue weighted by Gasteiger charge is -2.22. The van der Waals surface area contributed by atoms with Crippen LogP contribution in [0.15, 0.2) is 170 Å². The molecule has 1 N–H and O–H groups in total. The van der Waals surface area contributed by atoms with Gasteiger partial charge in [0.1, 0.15) is 11.6 Å². The van der Waals surface area contributed by atoms with E-state index in [0.717, 1.165) is 78.0 Å². The number of benzene rings is 7. The number of phenols is 1. The van der Waals surface area contributed by atoms with Gasteiger partial charge < -0.3 is 5.11 Å². The van der Waals surface area contributed by atoms with Crippen LogP contribution in [0.3, 0.4) is 0 Å². The Bertz CT molecular complexity index is 3200. The summed E-state index contributed by atoms with van der Waals surface area (Å²) in [7, 11) is 0. The zero-order chi connectivity index (χ0) is 46.5. The normalized spacial score (nSPS) is 12.3. The van der Waals surface area contributed by atoms with Crippen LogP contribution < -0.4 is 0 Å². The topological polar surface area (TPSA) is 50.9 Å². The van der Waals surface area contributed by atoms with Crippen molar-refractivity contribution in [1.29, 1.82) is 0 Å². The van der Waals surface area contributed by atoms with Crippen LogP contribution >= 0.6 is 0 Å². The van der Waals surface area contributed by atoms with Crippen LogP contribution in [0.2, 0.25) is 0 Å². The lowest BCUT2D eigenvalue weighted by molar-refractivity contribution is 0.466. The number of para-hydroxylation sites is 1. The summed E-state index contributed by atoms with van der Waals surface area (Å²) in [6.07, 6.45) is 1.91. The van der Waals surface area contributed by atoms with Crippen LogP contribution in [0.5, 0.6) is 5.75 Å². The first-order valence-electron chi connectivity index (χ1n) is 23.4. The number of nitrogens with zero attached hydrogens (tertiary/aromatic N) is 3. The molecule has 7 aromatic carbocycles. The molecule has 65 heavy (non-hydrogen) atoms. The Morgan fingerprint density at radius 3 is 1.78 bits per heavy atom. The summed E-state index contributed by atoms with van der Waals surface area (Å²) in [6.45, 7) is 19.3. The highest BCUT2D eigenvalue weighted by atomic mass is 16.3. The minimum atomic E-state index is -0.882. The lowest BCUT2D eigenvalue weighted by atomic mass is 9.83. The zero-order valence-electron chi connectivity index (χ0n) is 40.1. The van der Waals surface area contributed by atoms with E-state index in [2.05, 4.69) is 205 Å². The van der Waals surface area contributed by atoms with Crippen molar-refractivity contribution in [1.82, 2.24) is 14.5 Å². The van der Waals surface area contributed by atoms with Crippen molar-refractivity contribution in [2.75, 3.05) is 0 Å².